The van der Waals surface area contributed by atoms with Crippen molar-refractivity contribution in [2.24, 2.45) is 0 Å². The fourth-order valence-electron chi connectivity index (χ4n) is 6.84. The topological polar surface area (TPSA) is 65.1 Å². The van der Waals surface area contributed by atoms with Crippen LogP contribution in [0.15, 0.2) is 48.5 Å². The predicted molar refractivity (Wildman–Crippen MR) is 168 cm³/mol. The summed E-state index contributed by atoms with van der Waals surface area (Å²) in [6.45, 7) is 12.9. The Labute approximate surface area is 260 Å². The molecule has 0 radical (unpaired) electrons. The third-order valence-electron chi connectivity index (χ3n) is 9.06. The maximum atomic E-state index is 13.4. The van der Waals surface area contributed by atoms with Crippen LogP contribution in [0.2, 0.25) is 0 Å². The number of Topliss-reactive ketones (excluding diaryl/α,β-unsaturated/α-hetero) is 1. The summed E-state index contributed by atoms with van der Waals surface area (Å²) in [6.07, 6.45) is 1.96. The number of rotatable bonds is 4. The zero-order valence-corrected chi connectivity index (χ0v) is 26.8. The second kappa shape index (κ2) is 13.2. The van der Waals surface area contributed by atoms with Crippen molar-refractivity contribution in [1.29, 1.82) is 0 Å². The van der Waals surface area contributed by atoms with E-state index in [0.29, 0.717) is 26.1 Å². The van der Waals surface area contributed by atoms with Crippen LogP contribution in [0.1, 0.15) is 55.9 Å². The Morgan fingerprint density at radius 3 is 2.14 bits per heavy atom. The number of aryl methyl sites for hydroxylation is 2. The summed E-state index contributed by atoms with van der Waals surface area (Å²) in [5, 5.41) is 3.42. The number of nitrogens with one attached hydrogen (secondary N) is 1. The minimum atomic E-state index is -2.49. The van der Waals surface area contributed by atoms with E-state index in [4.69, 9.17) is 4.74 Å². The van der Waals surface area contributed by atoms with Crippen molar-refractivity contribution in [1.82, 2.24) is 20.0 Å². The van der Waals surface area contributed by atoms with Crippen LogP contribution in [0.5, 0.6) is 0 Å². The highest BCUT2D eigenvalue weighted by atomic mass is 19.3. The van der Waals surface area contributed by atoms with Crippen LogP contribution in [0.3, 0.4) is 0 Å². The number of fused-ring (bicyclic) bond motifs is 2. The number of amides is 1. The molecule has 7 nitrogen and oxygen atoms in total. The molecule has 2 aromatic carbocycles. The first-order valence-corrected chi connectivity index (χ1v) is 15.9. The molecule has 4 heterocycles. The van der Waals surface area contributed by atoms with E-state index in [1.165, 1.54) is 22.3 Å². The van der Waals surface area contributed by atoms with Crippen molar-refractivity contribution in [3.63, 3.8) is 0 Å². The van der Waals surface area contributed by atoms with E-state index in [0.717, 1.165) is 25.9 Å². The van der Waals surface area contributed by atoms with E-state index in [2.05, 4.69) is 72.6 Å². The molecule has 4 aliphatic rings. The smallest absolute Gasteiger partial charge is 0.410 e. The van der Waals surface area contributed by atoms with Crippen LogP contribution >= 0.6 is 0 Å². The van der Waals surface area contributed by atoms with E-state index in [9.17, 15) is 18.4 Å². The number of piperazine rings is 2. The number of carbonyl (C=O) groups excluding carboxylic acids is 2. The van der Waals surface area contributed by atoms with Crippen molar-refractivity contribution in [2.45, 2.75) is 96.0 Å². The summed E-state index contributed by atoms with van der Waals surface area (Å²) in [7, 11) is 0. The monoisotopic (exact) mass is 610 g/mol. The number of ether oxygens (including phenoxy) is 1. The van der Waals surface area contributed by atoms with E-state index in [-0.39, 0.29) is 49.0 Å². The Morgan fingerprint density at radius 2 is 1.52 bits per heavy atom. The Balaban J connectivity index is 0.000000181. The summed E-state index contributed by atoms with van der Waals surface area (Å²) in [4.78, 5) is 30.6. The van der Waals surface area contributed by atoms with Gasteiger partial charge < -0.3 is 15.0 Å². The summed E-state index contributed by atoms with van der Waals surface area (Å²) < 4.78 is 32.4. The van der Waals surface area contributed by atoms with Gasteiger partial charge in [0.25, 0.3) is 5.92 Å². The maximum absolute atomic E-state index is 13.4. The van der Waals surface area contributed by atoms with Gasteiger partial charge in [-0.1, -0.05) is 59.7 Å². The van der Waals surface area contributed by atoms with Crippen molar-refractivity contribution >= 4 is 11.9 Å². The Kier molecular flexibility index (Phi) is 9.78. The van der Waals surface area contributed by atoms with Gasteiger partial charge in [0.1, 0.15) is 11.4 Å². The lowest BCUT2D eigenvalue weighted by Gasteiger charge is -2.43. The van der Waals surface area contributed by atoms with Gasteiger partial charge in [0, 0.05) is 57.1 Å². The molecule has 240 valence electrons. The van der Waals surface area contributed by atoms with Crippen molar-refractivity contribution in [3.05, 3.63) is 70.8 Å². The molecular formula is C35H48F2N4O3. The lowest BCUT2D eigenvalue weighted by Crippen LogP contribution is -2.59. The third kappa shape index (κ3) is 8.64. The Bertz CT molecular complexity index is 1290. The number of halogens is 2. The summed E-state index contributed by atoms with van der Waals surface area (Å²) in [6, 6.07) is 17.3. The molecule has 2 aromatic rings. The summed E-state index contributed by atoms with van der Waals surface area (Å²) in [5.41, 5.74) is 4.43. The van der Waals surface area contributed by atoms with Crippen LogP contribution in [-0.4, -0.2) is 102 Å². The number of nitrogens with zero attached hydrogens (tertiary/aromatic N) is 3. The lowest BCUT2D eigenvalue weighted by atomic mass is 9.99. The van der Waals surface area contributed by atoms with Gasteiger partial charge in [-0.2, -0.15) is 0 Å². The number of ketones is 1. The molecule has 1 amide bonds. The number of hydrogen-bond acceptors (Lipinski definition) is 6. The largest absolute Gasteiger partial charge is 0.444 e. The van der Waals surface area contributed by atoms with Crippen molar-refractivity contribution in [3.8, 4) is 0 Å². The Morgan fingerprint density at radius 1 is 0.909 bits per heavy atom. The molecule has 0 saturated carbocycles. The van der Waals surface area contributed by atoms with Gasteiger partial charge in [-0.05, 0) is 58.6 Å². The second-order valence-electron chi connectivity index (χ2n) is 14.2. The maximum Gasteiger partial charge on any atom is 0.410 e. The van der Waals surface area contributed by atoms with E-state index in [1.54, 1.807) is 0 Å². The van der Waals surface area contributed by atoms with Gasteiger partial charge in [-0.15, -0.1) is 0 Å². The zero-order chi connectivity index (χ0) is 31.6. The van der Waals surface area contributed by atoms with Crippen LogP contribution < -0.4 is 5.32 Å². The molecule has 0 spiro atoms. The average molecular weight is 611 g/mol. The molecule has 9 heteroatoms. The van der Waals surface area contributed by atoms with Crippen molar-refractivity contribution < 1.29 is 23.1 Å². The number of alkyl halides is 2. The van der Waals surface area contributed by atoms with Gasteiger partial charge in [0.05, 0.1) is 19.1 Å². The molecule has 4 saturated heterocycles. The SMILES string of the molecule is Cc1ccc(C[C@H]2CN3CC(=O)C[C@H]3CN2C(=O)OC(C)(C)C)cc1.Cc1ccc(C[C@H]2CN3CC(F)(F)C[C@H]3CN2)cc1. The van der Waals surface area contributed by atoms with Crippen molar-refractivity contribution in [2.75, 3.05) is 39.3 Å². The van der Waals surface area contributed by atoms with Gasteiger partial charge in [-0.3, -0.25) is 14.6 Å². The molecule has 0 unspecified atom stereocenters. The normalized spacial score (nSPS) is 26.9. The standard InChI is InChI=1S/C20H28N2O3.C15H20F2N2/c1-14-5-7-15(8-6-14)9-17-11-21-13-18(23)10-16(21)12-22(17)19(24)25-20(2,3)4;1-11-2-4-12(5-3-11)6-13-9-19-10-15(16,17)7-14(19)8-18-13/h5-8,16-17H,9-13H2,1-4H3;2-5,13-14,18H,6-10H2,1H3/t16-,17-;13-,14-/m00/s1. The first kappa shape index (κ1) is 32.5. The fraction of sp³-hybridized carbons (Fsp3) is 0.600. The first-order valence-electron chi connectivity index (χ1n) is 15.9. The lowest BCUT2D eigenvalue weighted by molar-refractivity contribution is -0.116. The molecule has 0 aromatic heterocycles. The van der Waals surface area contributed by atoms with Gasteiger partial charge in [0.2, 0.25) is 0 Å². The average Bonchev–Trinajstić information content (AvgIpc) is 3.46. The zero-order valence-electron chi connectivity index (χ0n) is 26.8. The molecule has 4 aliphatic heterocycles. The molecule has 4 atom stereocenters. The van der Waals surface area contributed by atoms with E-state index < -0.39 is 11.5 Å². The van der Waals surface area contributed by atoms with E-state index >= 15 is 0 Å². The summed E-state index contributed by atoms with van der Waals surface area (Å²) in [5.74, 6) is -2.23. The first-order chi connectivity index (χ1) is 20.7. The third-order valence-corrected chi connectivity index (χ3v) is 9.06. The van der Waals surface area contributed by atoms with Crippen LogP contribution in [0, 0.1) is 13.8 Å². The Hall–Kier alpha value is -2.88. The minimum absolute atomic E-state index is 0.0112. The fourth-order valence-corrected chi connectivity index (χ4v) is 6.84. The van der Waals surface area contributed by atoms with Crippen LogP contribution in [-0.2, 0) is 22.4 Å². The molecule has 4 fully saturated rings. The molecule has 1 N–H and O–H groups in total. The molecule has 0 aliphatic carbocycles. The highest BCUT2D eigenvalue weighted by Crippen LogP contribution is 2.33. The number of hydrogen-bond donors (Lipinski definition) is 1. The highest BCUT2D eigenvalue weighted by Gasteiger charge is 2.47. The van der Waals surface area contributed by atoms with Crippen LogP contribution in [0.25, 0.3) is 0 Å². The molecule has 6 rings (SSSR count). The summed E-state index contributed by atoms with van der Waals surface area (Å²) >= 11 is 0. The molecule has 0 bridgehead atoms. The number of benzene rings is 2. The van der Waals surface area contributed by atoms with E-state index in [1.807, 2.05) is 30.6 Å². The molecule has 44 heavy (non-hydrogen) atoms. The number of carbonyl (C=O) groups is 2. The quantitative estimate of drug-likeness (QED) is 0.525. The van der Waals surface area contributed by atoms with Gasteiger partial charge in [-0.25, -0.2) is 13.6 Å². The predicted octanol–water partition coefficient (Wildman–Crippen LogP) is 5.02. The van der Waals surface area contributed by atoms with Gasteiger partial charge >= 0.3 is 6.09 Å². The minimum Gasteiger partial charge on any atom is -0.444 e. The molecular weight excluding hydrogens is 562 g/mol. The van der Waals surface area contributed by atoms with Gasteiger partial charge in [0.15, 0.2) is 0 Å². The van der Waals surface area contributed by atoms with Crippen LogP contribution in [0.4, 0.5) is 13.6 Å². The highest BCUT2D eigenvalue weighted by molar-refractivity contribution is 5.83. The second-order valence-corrected chi connectivity index (χ2v) is 14.2.